The Hall–Kier alpha value is -0.410. The van der Waals surface area contributed by atoms with Crippen molar-refractivity contribution in [2.75, 3.05) is 6.54 Å². The molecule has 90 valence electrons. The smallest absolute Gasteiger partial charge is 0.0794 e. The summed E-state index contributed by atoms with van der Waals surface area (Å²) in [5.41, 5.74) is 3.15. The first-order chi connectivity index (χ1) is 7.75. The van der Waals surface area contributed by atoms with Gasteiger partial charge in [0.1, 0.15) is 0 Å². The van der Waals surface area contributed by atoms with E-state index in [1.54, 1.807) is 11.3 Å². The van der Waals surface area contributed by atoms with Gasteiger partial charge in [-0.2, -0.15) is 0 Å². The molecule has 3 unspecified atom stereocenters. The molecule has 2 rings (SSSR count). The fourth-order valence-electron chi connectivity index (χ4n) is 2.50. The lowest BCUT2D eigenvalue weighted by atomic mass is 9.79. The zero-order valence-electron chi connectivity index (χ0n) is 10.3. The normalized spacial score (nSPS) is 30.5. The summed E-state index contributed by atoms with van der Waals surface area (Å²) in [6, 6.07) is 0.741. The maximum Gasteiger partial charge on any atom is 0.0794 e. The summed E-state index contributed by atoms with van der Waals surface area (Å²) in [5, 5.41) is 5.82. The topological polar surface area (TPSA) is 24.9 Å². The van der Waals surface area contributed by atoms with Gasteiger partial charge in [-0.15, -0.1) is 11.3 Å². The second-order valence-corrected chi connectivity index (χ2v) is 5.87. The first-order valence-electron chi connectivity index (χ1n) is 6.36. The van der Waals surface area contributed by atoms with E-state index in [-0.39, 0.29) is 0 Å². The van der Waals surface area contributed by atoms with Crippen molar-refractivity contribution >= 4 is 11.3 Å². The predicted octanol–water partition coefficient (Wildman–Crippen LogP) is 3.10. The van der Waals surface area contributed by atoms with E-state index in [2.05, 4.69) is 29.5 Å². The van der Waals surface area contributed by atoms with Gasteiger partial charge >= 0.3 is 0 Å². The summed E-state index contributed by atoms with van der Waals surface area (Å²) < 4.78 is 0. The zero-order chi connectivity index (χ0) is 11.4. The maximum absolute atomic E-state index is 4.30. The molecule has 1 aliphatic carbocycles. The average molecular weight is 238 g/mol. The lowest BCUT2D eigenvalue weighted by molar-refractivity contribution is 0.227. The molecule has 16 heavy (non-hydrogen) atoms. The van der Waals surface area contributed by atoms with Gasteiger partial charge in [0.25, 0.3) is 0 Å². The van der Waals surface area contributed by atoms with E-state index in [1.807, 2.05) is 5.51 Å². The molecule has 1 N–H and O–H groups in total. The second kappa shape index (κ2) is 5.78. The van der Waals surface area contributed by atoms with Gasteiger partial charge in [0.15, 0.2) is 0 Å². The molecule has 0 aromatic carbocycles. The number of nitrogens with one attached hydrogen (secondary N) is 1. The minimum Gasteiger partial charge on any atom is -0.314 e. The Balaban J connectivity index is 1.67. The first-order valence-corrected chi connectivity index (χ1v) is 7.30. The van der Waals surface area contributed by atoms with Crippen molar-refractivity contribution in [1.82, 2.24) is 10.3 Å². The summed E-state index contributed by atoms with van der Waals surface area (Å²) in [5.74, 6) is 1.79. The van der Waals surface area contributed by atoms with E-state index in [1.165, 1.54) is 25.0 Å². The van der Waals surface area contributed by atoms with E-state index in [9.17, 15) is 0 Å². The molecule has 0 bridgehead atoms. The third-order valence-corrected chi connectivity index (χ3v) is 4.53. The van der Waals surface area contributed by atoms with Crippen molar-refractivity contribution < 1.29 is 0 Å². The Bertz CT molecular complexity index is 297. The van der Waals surface area contributed by atoms with Gasteiger partial charge in [-0.05, 0) is 31.1 Å². The Morgan fingerprint density at radius 3 is 2.94 bits per heavy atom. The van der Waals surface area contributed by atoms with Gasteiger partial charge in [0.05, 0.1) is 11.2 Å². The lowest BCUT2D eigenvalue weighted by Crippen LogP contribution is -2.37. The van der Waals surface area contributed by atoms with Gasteiger partial charge in [-0.25, -0.2) is 4.98 Å². The molecule has 1 fully saturated rings. The van der Waals surface area contributed by atoms with Gasteiger partial charge < -0.3 is 5.32 Å². The van der Waals surface area contributed by atoms with Crippen LogP contribution in [0.15, 0.2) is 10.9 Å². The molecular formula is C13H22N2S. The van der Waals surface area contributed by atoms with E-state index in [0.29, 0.717) is 0 Å². The Labute approximate surface area is 102 Å². The molecule has 0 saturated heterocycles. The van der Waals surface area contributed by atoms with Crippen molar-refractivity contribution in [2.45, 2.75) is 45.6 Å². The highest BCUT2D eigenvalue weighted by Crippen LogP contribution is 2.29. The van der Waals surface area contributed by atoms with Crippen LogP contribution >= 0.6 is 11.3 Å². The quantitative estimate of drug-likeness (QED) is 0.872. The van der Waals surface area contributed by atoms with Crippen molar-refractivity contribution in [3.05, 3.63) is 16.6 Å². The molecule has 1 saturated carbocycles. The predicted molar refractivity (Wildman–Crippen MR) is 69.8 cm³/mol. The summed E-state index contributed by atoms with van der Waals surface area (Å²) in [6.07, 6.45) is 5.15. The minimum absolute atomic E-state index is 0.741. The molecule has 0 amide bonds. The first kappa shape index (κ1) is 12.1. The third-order valence-electron chi connectivity index (χ3n) is 3.90. The minimum atomic E-state index is 0.741. The van der Waals surface area contributed by atoms with E-state index in [0.717, 1.165) is 30.8 Å². The fourth-order valence-corrected chi connectivity index (χ4v) is 3.09. The molecular weight excluding hydrogens is 216 g/mol. The molecule has 1 aliphatic rings. The number of hydrogen-bond donors (Lipinski definition) is 1. The highest BCUT2D eigenvalue weighted by Gasteiger charge is 2.23. The van der Waals surface area contributed by atoms with E-state index < -0.39 is 0 Å². The van der Waals surface area contributed by atoms with Crippen LogP contribution < -0.4 is 5.32 Å². The van der Waals surface area contributed by atoms with Gasteiger partial charge in [-0.1, -0.05) is 13.8 Å². The van der Waals surface area contributed by atoms with Crippen LogP contribution in [0.1, 0.15) is 38.8 Å². The van der Waals surface area contributed by atoms with Crippen LogP contribution in [0.25, 0.3) is 0 Å². The number of thiazole rings is 1. The van der Waals surface area contributed by atoms with Crippen molar-refractivity contribution in [3.63, 3.8) is 0 Å². The highest BCUT2D eigenvalue weighted by molar-refractivity contribution is 7.07. The second-order valence-electron chi connectivity index (χ2n) is 5.15. The maximum atomic E-state index is 4.30. The van der Waals surface area contributed by atoms with Crippen molar-refractivity contribution in [2.24, 2.45) is 11.8 Å². The van der Waals surface area contributed by atoms with Gasteiger partial charge in [0.2, 0.25) is 0 Å². The summed E-state index contributed by atoms with van der Waals surface area (Å²) in [6.45, 7) is 5.85. The van der Waals surface area contributed by atoms with Crippen LogP contribution in [0.3, 0.4) is 0 Å². The Kier molecular flexibility index (Phi) is 4.36. The van der Waals surface area contributed by atoms with Crippen LogP contribution in [0.5, 0.6) is 0 Å². The number of nitrogens with zero attached hydrogens (tertiary/aromatic N) is 1. The summed E-state index contributed by atoms with van der Waals surface area (Å²) >= 11 is 1.69. The fraction of sp³-hybridized carbons (Fsp3) is 0.769. The van der Waals surface area contributed by atoms with Crippen LogP contribution in [-0.2, 0) is 6.42 Å². The average Bonchev–Trinajstić information content (AvgIpc) is 2.76. The highest BCUT2D eigenvalue weighted by atomic mass is 32.1. The summed E-state index contributed by atoms with van der Waals surface area (Å²) in [4.78, 5) is 4.30. The number of rotatable bonds is 4. The number of hydrogen-bond acceptors (Lipinski definition) is 3. The molecule has 3 heteroatoms. The number of aromatic nitrogens is 1. The van der Waals surface area contributed by atoms with Gasteiger partial charge in [-0.3, -0.25) is 0 Å². The Morgan fingerprint density at radius 2 is 2.25 bits per heavy atom. The van der Waals surface area contributed by atoms with Gasteiger partial charge in [0, 0.05) is 24.4 Å². The monoisotopic (exact) mass is 238 g/mol. The van der Waals surface area contributed by atoms with E-state index in [4.69, 9.17) is 0 Å². The molecule has 1 heterocycles. The van der Waals surface area contributed by atoms with Crippen LogP contribution in [-0.4, -0.2) is 17.6 Å². The van der Waals surface area contributed by atoms with Crippen molar-refractivity contribution in [3.8, 4) is 0 Å². The van der Waals surface area contributed by atoms with Crippen molar-refractivity contribution in [1.29, 1.82) is 0 Å². The standard InChI is InChI=1S/C13H22N2S/c1-10-3-4-12(7-11(10)2)14-6-5-13-8-16-9-15-13/h8-12,14H,3-7H2,1-2H3. The summed E-state index contributed by atoms with van der Waals surface area (Å²) in [7, 11) is 0. The third kappa shape index (κ3) is 3.29. The molecule has 1 aromatic rings. The zero-order valence-corrected chi connectivity index (χ0v) is 11.1. The van der Waals surface area contributed by atoms with Crippen LogP contribution in [0.4, 0.5) is 0 Å². The molecule has 0 aliphatic heterocycles. The molecule has 3 atom stereocenters. The SMILES string of the molecule is CC1CCC(NCCc2cscn2)CC1C. The largest absolute Gasteiger partial charge is 0.314 e. The molecule has 0 radical (unpaired) electrons. The molecule has 0 spiro atoms. The molecule has 1 aromatic heterocycles. The lowest BCUT2D eigenvalue weighted by Gasteiger charge is -2.32. The van der Waals surface area contributed by atoms with Crippen LogP contribution in [0.2, 0.25) is 0 Å². The Morgan fingerprint density at radius 1 is 1.38 bits per heavy atom. The van der Waals surface area contributed by atoms with Crippen LogP contribution in [0, 0.1) is 11.8 Å². The molecule has 2 nitrogen and oxygen atoms in total. The van der Waals surface area contributed by atoms with E-state index >= 15 is 0 Å².